The van der Waals surface area contributed by atoms with E-state index in [0.29, 0.717) is 35.3 Å². The Kier molecular flexibility index (Phi) is 7.34. The monoisotopic (exact) mass is 424 g/mol. The van der Waals surface area contributed by atoms with Crippen molar-refractivity contribution in [1.29, 1.82) is 0 Å². The van der Waals surface area contributed by atoms with Gasteiger partial charge in [-0.05, 0) is 48.4 Å². The topological polar surface area (TPSA) is 44.8 Å². The van der Waals surface area contributed by atoms with Gasteiger partial charge in [0.1, 0.15) is 6.61 Å². The predicted octanol–water partition coefficient (Wildman–Crippen LogP) is 5.27. The molecular formula is C19H18BrClO4. The SMILES string of the molecule is CCOC(=O)/C=C/c1cc(Cl)c(OCc2cccc(Br)c2)c(OC)c1. The average molecular weight is 426 g/mol. The Morgan fingerprint density at radius 2 is 2.08 bits per heavy atom. The predicted molar refractivity (Wildman–Crippen MR) is 102 cm³/mol. The highest BCUT2D eigenvalue weighted by Crippen LogP contribution is 2.37. The van der Waals surface area contributed by atoms with Crippen molar-refractivity contribution in [2.24, 2.45) is 0 Å². The van der Waals surface area contributed by atoms with E-state index in [1.807, 2.05) is 24.3 Å². The number of ether oxygens (including phenoxy) is 3. The van der Waals surface area contributed by atoms with Crippen LogP contribution in [0.25, 0.3) is 6.08 Å². The van der Waals surface area contributed by atoms with Gasteiger partial charge in [-0.1, -0.05) is 39.7 Å². The summed E-state index contributed by atoms with van der Waals surface area (Å²) < 4.78 is 17.0. The molecule has 0 aromatic heterocycles. The molecule has 0 spiro atoms. The summed E-state index contributed by atoms with van der Waals surface area (Å²) in [5, 5.41) is 0.401. The first kappa shape index (κ1) is 19.3. The van der Waals surface area contributed by atoms with Crippen molar-refractivity contribution in [2.75, 3.05) is 13.7 Å². The zero-order valence-electron chi connectivity index (χ0n) is 13.9. The van der Waals surface area contributed by atoms with E-state index in [1.54, 1.807) is 25.1 Å². The summed E-state index contributed by atoms with van der Waals surface area (Å²) in [7, 11) is 1.54. The van der Waals surface area contributed by atoms with Gasteiger partial charge in [0.25, 0.3) is 0 Å². The van der Waals surface area contributed by atoms with Gasteiger partial charge in [-0.15, -0.1) is 0 Å². The highest BCUT2D eigenvalue weighted by Gasteiger charge is 2.12. The molecule has 132 valence electrons. The summed E-state index contributed by atoms with van der Waals surface area (Å²) in [6, 6.07) is 11.3. The molecule has 0 N–H and O–H groups in total. The van der Waals surface area contributed by atoms with Gasteiger partial charge < -0.3 is 14.2 Å². The Bertz CT molecular complexity index is 774. The van der Waals surface area contributed by atoms with Gasteiger partial charge in [0.05, 0.1) is 18.7 Å². The molecule has 0 amide bonds. The van der Waals surface area contributed by atoms with E-state index in [0.717, 1.165) is 10.0 Å². The molecular weight excluding hydrogens is 408 g/mol. The standard InChI is InChI=1S/C19H18BrClO4/c1-3-24-18(22)8-7-13-10-16(21)19(17(11-13)23-2)25-12-14-5-4-6-15(20)9-14/h4-11H,3,12H2,1-2H3/b8-7+. The fraction of sp³-hybridized carbons (Fsp3) is 0.211. The molecule has 0 fully saturated rings. The van der Waals surface area contributed by atoms with Crippen molar-refractivity contribution in [2.45, 2.75) is 13.5 Å². The maximum absolute atomic E-state index is 11.4. The molecule has 0 heterocycles. The van der Waals surface area contributed by atoms with Crippen molar-refractivity contribution < 1.29 is 19.0 Å². The third kappa shape index (κ3) is 5.80. The van der Waals surface area contributed by atoms with Crippen LogP contribution in [0, 0.1) is 0 Å². The van der Waals surface area contributed by atoms with Gasteiger partial charge in [0, 0.05) is 10.5 Å². The molecule has 0 aliphatic carbocycles. The van der Waals surface area contributed by atoms with Gasteiger partial charge in [-0.3, -0.25) is 0 Å². The third-order valence-corrected chi connectivity index (χ3v) is 4.00. The van der Waals surface area contributed by atoms with Crippen LogP contribution in [-0.2, 0) is 16.1 Å². The van der Waals surface area contributed by atoms with E-state index in [4.69, 9.17) is 25.8 Å². The van der Waals surface area contributed by atoms with Crippen LogP contribution in [0.2, 0.25) is 5.02 Å². The summed E-state index contributed by atoms with van der Waals surface area (Å²) >= 11 is 9.75. The first-order valence-electron chi connectivity index (χ1n) is 7.63. The van der Waals surface area contributed by atoms with E-state index in [2.05, 4.69) is 15.9 Å². The largest absolute Gasteiger partial charge is 0.493 e. The lowest BCUT2D eigenvalue weighted by Gasteiger charge is -2.13. The van der Waals surface area contributed by atoms with Gasteiger partial charge in [0.2, 0.25) is 0 Å². The molecule has 2 aromatic rings. The van der Waals surface area contributed by atoms with Crippen LogP contribution in [0.4, 0.5) is 0 Å². The van der Waals surface area contributed by atoms with Gasteiger partial charge >= 0.3 is 5.97 Å². The second-order valence-corrected chi connectivity index (χ2v) is 6.36. The summed E-state index contributed by atoms with van der Waals surface area (Å²) in [6.07, 6.45) is 2.96. The molecule has 0 bridgehead atoms. The Morgan fingerprint density at radius 1 is 1.28 bits per heavy atom. The van der Waals surface area contributed by atoms with Gasteiger partial charge in [-0.25, -0.2) is 4.79 Å². The average Bonchev–Trinajstić information content (AvgIpc) is 2.59. The highest BCUT2D eigenvalue weighted by molar-refractivity contribution is 9.10. The van der Waals surface area contributed by atoms with Crippen LogP contribution in [0.3, 0.4) is 0 Å². The normalized spacial score (nSPS) is 10.7. The molecule has 0 radical (unpaired) electrons. The van der Waals surface area contributed by atoms with Crippen LogP contribution >= 0.6 is 27.5 Å². The lowest BCUT2D eigenvalue weighted by molar-refractivity contribution is -0.137. The van der Waals surface area contributed by atoms with Gasteiger partial charge in [0.15, 0.2) is 11.5 Å². The molecule has 0 aliphatic rings. The molecule has 0 unspecified atom stereocenters. The summed E-state index contributed by atoms with van der Waals surface area (Å²) in [4.78, 5) is 11.4. The summed E-state index contributed by atoms with van der Waals surface area (Å²) in [6.45, 7) is 2.44. The number of hydrogen-bond acceptors (Lipinski definition) is 4. The van der Waals surface area contributed by atoms with E-state index in [1.165, 1.54) is 13.2 Å². The minimum Gasteiger partial charge on any atom is -0.493 e. The molecule has 0 saturated heterocycles. The van der Waals surface area contributed by atoms with E-state index in [9.17, 15) is 4.79 Å². The van der Waals surface area contributed by atoms with Crippen LogP contribution in [-0.4, -0.2) is 19.7 Å². The maximum atomic E-state index is 11.4. The molecule has 6 heteroatoms. The smallest absolute Gasteiger partial charge is 0.330 e. The van der Waals surface area contributed by atoms with E-state index in [-0.39, 0.29) is 0 Å². The Hall–Kier alpha value is -1.98. The number of rotatable bonds is 7. The van der Waals surface area contributed by atoms with E-state index < -0.39 is 5.97 Å². The molecule has 4 nitrogen and oxygen atoms in total. The van der Waals surface area contributed by atoms with Crippen LogP contribution in [0.5, 0.6) is 11.5 Å². The number of methoxy groups -OCH3 is 1. The second kappa shape index (κ2) is 9.49. The van der Waals surface area contributed by atoms with Crippen molar-refractivity contribution in [3.8, 4) is 11.5 Å². The fourth-order valence-corrected chi connectivity index (χ4v) is 2.83. The number of benzene rings is 2. The first-order chi connectivity index (χ1) is 12.0. The number of halogens is 2. The van der Waals surface area contributed by atoms with Crippen molar-refractivity contribution in [1.82, 2.24) is 0 Å². The van der Waals surface area contributed by atoms with Crippen LogP contribution < -0.4 is 9.47 Å². The van der Waals surface area contributed by atoms with Gasteiger partial charge in [-0.2, -0.15) is 0 Å². The number of carbonyl (C=O) groups excluding carboxylic acids is 1. The first-order valence-corrected chi connectivity index (χ1v) is 8.80. The zero-order chi connectivity index (χ0) is 18.2. The molecule has 2 rings (SSSR count). The zero-order valence-corrected chi connectivity index (χ0v) is 16.3. The lowest BCUT2D eigenvalue weighted by Crippen LogP contribution is -2.00. The fourth-order valence-electron chi connectivity index (χ4n) is 2.11. The van der Waals surface area contributed by atoms with Crippen LogP contribution in [0.1, 0.15) is 18.1 Å². The van der Waals surface area contributed by atoms with Crippen molar-refractivity contribution >= 4 is 39.6 Å². The molecule has 0 saturated carbocycles. The lowest BCUT2D eigenvalue weighted by atomic mass is 10.2. The molecule has 2 aromatic carbocycles. The maximum Gasteiger partial charge on any atom is 0.330 e. The Balaban J connectivity index is 2.17. The Morgan fingerprint density at radius 3 is 2.76 bits per heavy atom. The van der Waals surface area contributed by atoms with Crippen LogP contribution in [0.15, 0.2) is 46.9 Å². The molecule has 25 heavy (non-hydrogen) atoms. The molecule has 0 atom stereocenters. The highest BCUT2D eigenvalue weighted by atomic mass is 79.9. The van der Waals surface area contributed by atoms with Crippen molar-refractivity contribution in [3.05, 3.63) is 63.1 Å². The molecule has 0 aliphatic heterocycles. The van der Waals surface area contributed by atoms with Crippen molar-refractivity contribution in [3.63, 3.8) is 0 Å². The minimum absolute atomic E-state index is 0.329. The quantitative estimate of drug-likeness (QED) is 0.448. The second-order valence-electron chi connectivity index (χ2n) is 5.04. The summed E-state index contributed by atoms with van der Waals surface area (Å²) in [5.41, 5.74) is 1.71. The minimum atomic E-state index is -0.410. The Labute approximate surface area is 160 Å². The summed E-state index contributed by atoms with van der Waals surface area (Å²) in [5.74, 6) is 0.538. The number of carbonyl (C=O) groups is 1. The van der Waals surface area contributed by atoms with E-state index >= 15 is 0 Å². The third-order valence-electron chi connectivity index (χ3n) is 3.22. The number of esters is 1. The number of hydrogen-bond donors (Lipinski definition) is 0.